The molecule has 3 aliphatic rings. The molecule has 5 rings (SSSR count). The van der Waals surface area contributed by atoms with Crippen molar-refractivity contribution in [3.05, 3.63) is 53.6 Å². The van der Waals surface area contributed by atoms with Crippen molar-refractivity contribution in [3.8, 4) is 17.2 Å². The monoisotopic (exact) mass is 577 g/mol. The molecular formula is C35H51N3O4. The molecule has 0 radical (unpaired) electrons. The summed E-state index contributed by atoms with van der Waals surface area (Å²) in [5.41, 5.74) is 2.13. The second-order valence-electron chi connectivity index (χ2n) is 12.8. The van der Waals surface area contributed by atoms with Gasteiger partial charge in [0.1, 0.15) is 5.75 Å². The molecule has 0 bridgehead atoms. The quantitative estimate of drug-likeness (QED) is 0.349. The van der Waals surface area contributed by atoms with Crippen LogP contribution in [-0.4, -0.2) is 92.8 Å². The molecule has 3 heterocycles. The third-order valence-corrected chi connectivity index (χ3v) is 9.70. The minimum atomic E-state index is -0.110. The van der Waals surface area contributed by atoms with Crippen LogP contribution in [0.1, 0.15) is 69.9 Å². The van der Waals surface area contributed by atoms with Gasteiger partial charge in [0.05, 0.1) is 26.7 Å². The highest BCUT2D eigenvalue weighted by Crippen LogP contribution is 2.42. The molecule has 42 heavy (non-hydrogen) atoms. The van der Waals surface area contributed by atoms with Crippen LogP contribution in [0.4, 0.5) is 0 Å². The Balaban J connectivity index is 1.27. The fourth-order valence-corrected chi connectivity index (χ4v) is 7.29. The van der Waals surface area contributed by atoms with Crippen LogP contribution < -0.4 is 14.2 Å². The molecule has 0 N–H and O–H groups in total. The van der Waals surface area contributed by atoms with E-state index in [1.165, 1.54) is 63.8 Å². The average molecular weight is 578 g/mol. The molecule has 0 saturated carbocycles. The van der Waals surface area contributed by atoms with Crippen molar-refractivity contribution >= 4 is 5.91 Å². The molecule has 2 aromatic carbocycles. The summed E-state index contributed by atoms with van der Waals surface area (Å²) in [4.78, 5) is 21.1. The molecule has 0 spiro atoms. The molecule has 7 nitrogen and oxygen atoms in total. The molecule has 0 unspecified atom stereocenters. The lowest BCUT2D eigenvalue weighted by Gasteiger charge is -2.41. The van der Waals surface area contributed by atoms with Crippen molar-refractivity contribution in [2.75, 3.05) is 60.0 Å². The zero-order valence-corrected chi connectivity index (χ0v) is 26.3. The lowest BCUT2D eigenvalue weighted by Crippen LogP contribution is -2.47. The molecular weight excluding hydrogens is 526 g/mol. The van der Waals surface area contributed by atoms with E-state index >= 15 is 0 Å². The number of piperidine rings is 2. The zero-order chi connectivity index (χ0) is 29.5. The lowest BCUT2D eigenvalue weighted by molar-refractivity contribution is -0.129. The fourth-order valence-electron chi connectivity index (χ4n) is 7.29. The highest BCUT2D eigenvalue weighted by atomic mass is 16.5. The van der Waals surface area contributed by atoms with Crippen molar-refractivity contribution in [1.29, 1.82) is 0 Å². The lowest BCUT2D eigenvalue weighted by atomic mass is 9.76. The fraction of sp³-hybridized carbons (Fsp3) is 0.629. The van der Waals surface area contributed by atoms with Gasteiger partial charge in [-0.05, 0) is 120 Å². The van der Waals surface area contributed by atoms with E-state index in [4.69, 9.17) is 14.2 Å². The average Bonchev–Trinajstić information content (AvgIpc) is 3.46. The van der Waals surface area contributed by atoms with Gasteiger partial charge in [0, 0.05) is 24.5 Å². The Kier molecular flexibility index (Phi) is 10.3. The van der Waals surface area contributed by atoms with Crippen LogP contribution in [0.2, 0.25) is 0 Å². The summed E-state index contributed by atoms with van der Waals surface area (Å²) in [6.07, 6.45) is 9.13. The molecule has 1 atom stereocenters. The van der Waals surface area contributed by atoms with Crippen LogP contribution in [0.15, 0.2) is 42.5 Å². The number of likely N-dealkylation sites (tertiary alicyclic amines) is 3. The Labute approximate surface area is 253 Å². The smallest absolute Gasteiger partial charge is 0.227 e. The maximum absolute atomic E-state index is 13.6. The van der Waals surface area contributed by atoms with Gasteiger partial charge < -0.3 is 28.9 Å². The van der Waals surface area contributed by atoms with E-state index in [2.05, 4.69) is 26.8 Å². The number of methoxy groups -OCH3 is 2. The summed E-state index contributed by atoms with van der Waals surface area (Å²) in [5.74, 6) is 2.50. The molecule has 3 fully saturated rings. The maximum atomic E-state index is 13.6. The third-order valence-electron chi connectivity index (χ3n) is 9.70. The summed E-state index contributed by atoms with van der Waals surface area (Å²) in [5, 5.41) is 0. The molecule has 1 amide bonds. The van der Waals surface area contributed by atoms with E-state index < -0.39 is 0 Å². The van der Waals surface area contributed by atoms with E-state index in [0.29, 0.717) is 6.42 Å². The Morgan fingerprint density at radius 2 is 1.69 bits per heavy atom. The van der Waals surface area contributed by atoms with Gasteiger partial charge >= 0.3 is 0 Å². The SMILES string of the molecule is COc1ccc([C@]2(CCN3CCC(N4CCCCC4)CC3)CCN(C(=O)Cc3cccc(OC(C)C)c3)C2)cc1OC. The van der Waals surface area contributed by atoms with E-state index in [0.717, 1.165) is 61.3 Å². The summed E-state index contributed by atoms with van der Waals surface area (Å²) in [6, 6.07) is 15.1. The molecule has 3 aliphatic heterocycles. The standard InChI is InChI=1S/C35H51N3O4/c1-27(2)42-31-10-8-9-28(23-31)24-34(39)38-22-16-35(26-38,29-11-12-32(40-3)33(25-29)41-4)15-21-36-19-13-30(14-20-36)37-17-6-5-7-18-37/h8-12,23,25,27,30H,5-7,13-22,24,26H2,1-4H3/t35-/m1/s1. The first-order chi connectivity index (χ1) is 20.4. The molecule has 7 heteroatoms. The van der Waals surface area contributed by atoms with Crippen molar-refractivity contribution in [2.24, 2.45) is 0 Å². The van der Waals surface area contributed by atoms with Gasteiger partial charge in [-0.1, -0.05) is 24.6 Å². The van der Waals surface area contributed by atoms with E-state index in [1.54, 1.807) is 14.2 Å². The largest absolute Gasteiger partial charge is 0.493 e. The van der Waals surface area contributed by atoms with Gasteiger partial charge in [-0.15, -0.1) is 0 Å². The van der Waals surface area contributed by atoms with E-state index in [1.807, 2.05) is 44.2 Å². The summed E-state index contributed by atoms with van der Waals surface area (Å²) < 4.78 is 17.1. The van der Waals surface area contributed by atoms with Gasteiger partial charge in [0.15, 0.2) is 11.5 Å². The topological polar surface area (TPSA) is 54.5 Å². The highest BCUT2D eigenvalue weighted by molar-refractivity contribution is 5.79. The maximum Gasteiger partial charge on any atom is 0.227 e. The number of rotatable bonds is 11. The van der Waals surface area contributed by atoms with Crippen LogP contribution in [-0.2, 0) is 16.6 Å². The number of benzene rings is 2. The van der Waals surface area contributed by atoms with E-state index in [9.17, 15) is 4.79 Å². The molecule has 0 aromatic heterocycles. The van der Waals surface area contributed by atoms with Crippen molar-refractivity contribution in [1.82, 2.24) is 14.7 Å². The minimum Gasteiger partial charge on any atom is -0.493 e. The summed E-state index contributed by atoms with van der Waals surface area (Å²) >= 11 is 0. The van der Waals surface area contributed by atoms with E-state index in [-0.39, 0.29) is 17.4 Å². The van der Waals surface area contributed by atoms with Crippen LogP contribution >= 0.6 is 0 Å². The zero-order valence-electron chi connectivity index (χ0n) is 26.3. The first-order valence-corrected chi connectivity index (χ1v) is 16.1. The van der Waals surface area contributed by atoms with Crippen LogP contribution in [0.25, 0.3) is 0 Å². The summed E-state index contributed by atoms with van der Waals surface area (Å²) in [6.45, 7) is 11.5. The predicted molar refractivity (Wildman–Crippen MR) is 168 cm³/mol. The number of carbonyl (C=O) groups is 1. The van der Waals surface area contributed by atoms with Crippen LogP contribution in [0.3, 0.4) is 0 Å². The number of hydrogen-bond acceptors (Lipinski definition) is 6. The Morgan fingerprint density at radius 1 is 0.929 bits per heavy atom. The van der Waals surface area contributed by atoms with Crippen LogP contribution in [0.5, 0.6) is 17.2 Å². The first kappa shape index (κ1) is 30.7. The highest BCUT2D eigenvalue weighted by Gasteiger charge is 2.42. The van der Waals surface area contributed by atoms with Crippen LogP contribution in [0, 0.1) is 0 Å². The van der Waals surface area contributed by atoms with Crippen molar-refractivity contribution in [2.45, 2.75) is 82.8 Å². The van der Waals surface area contributed by atoms with Crippen molar-refractivity contribution in [3.63, 3.8) is 0 Å². The number of ether oxygens (including phenoxy) is 3. The first-order valence-electron chi connectivity index (χ1n) is 16.1. The normalized spacial score (nSPS) is 22.5. The van der Waals surface area contributed by atoms with Gasteiger partial charge in [-0.2, -0.15) is 0 Å². The molecule has 2 aromatic rings. The number of carbonyl (C=O) groups excluding carboxylic acids is 1. The molecule has 230 valence electrons. The summed E-state index contributed by atoms with van der Waals surface area (Å²) in [7, 11) is 3.38. The Hall–Kier alpha value is -2.77. The van der Waals surface area contributed by atoms with Crippen molar-refractivity contribution < 1.29 is 19.0 Å². The number of nitrogens with zero attached hydrogens (tertiary/aromatic N) is 3. The minimum absolute atomic E-state index is 0.104. The number of amides is 1. The van der Waals surface area contributed by atoms with Gasteiger partial charge in [-0.25, -0.2) is 0 Å². The number of hydrogen-bond donors (Lipinski definition) is 0. The van der Waals surface area contributed by atoms with Gasteiger partial charge in [0.2, 0.25) is 5.91 Å². The Bertz CT molecular complexity index is 1170. The molecule has 3 saturated heterocycles. The third kappa shape index (κ3) is 7.41. The molecule has 0 aliphatic carbocycles. The Morgan fingerprint density at radius 3 is 2.40 bits per heavy atom. The van der Waals surface area contributed by atoms with Gasteiger partial charge in [-0.3, -0.25) is 4.79 Å². The second-order valence-corrected chi connectivity index (χ2v) is 12.8. The predicted octanol–water partition coefficient (Wildman–Crippen LogP) is 5.54. The second kappa shape index (κ2) is 14.1. The van der Waals surface area contributed by atoms with Gasteiger partial charge in [0.25, 0.3) is 0 Å².